The number of halogens is 2. The lowest BCUT2D eigenvalue weighted by molar-refractivity contribution is 0.566. The average molecular weight is 243 g/mol. The van der Waals surface area contributed by atoms with Crippen LogP contribution in [0.25, 0.3) is 0 Å². The van der Waals surface area contributed by atoms with Gasteiger partial charge >= 0.3 is 0 Å². The highest BCUT2D eigenvalue weighted by Crippen LogP contribution is 1.65. The van der Waals surface area contributed by atoms with Gasteiger partial charge in [-0.2, -0.15) is 0 Å². The normalized spacial score (nSPS) is 5.14. The van der Waals surface area contributed by atoms with E-state index < -0.39 is 0 Å². The Balaban J connectivity index is -0.0000000292. The van der Waals surface area contributed by atoms with E-state index in [0.29, 0.717) is 0 Å². The van der Waals surface area contributed by atoms with E-state index in [1.165, 1.54) is 0 Å². The Morgan fingerprint density at radius 2 is 0.786 bits per heavy atom. The van der Waals surface area contributed by atoms with Gasteiger partial charge in [0.2, 0.25) is 0 Å². The van der Waals surface area contributed by atoms with Crippen molar-refractivity contribution in [1.82, 2.24) is 9.80 Å². The van der Waals surface area contributed by atoms with Gasteiger partial charge in [-0.3, -0.25) is 0 Å². The maximum atomic E-state index is 3.49. The molecular weight excluding hydrogens is 219 g/mol. The largest absolute Gasteiger partial charge is 0.384 e. The fourth-order valence-electron chi connectivity index (χ4n) is 0. The van der Waals surface area contributed by atoms with Gasteiger partial charge in [0, 0.05) is 28.2 Å². The molecule has 88 valence electrons. The first-order valence-electron chi connectivity index (χ1n) is 3.62. The summed E-state index contributed by atoms with van der Waals surface area (Å²) in [5.74, 6) is 0. The van der Waals surface area contributed by atoms with Crippen LogP contribution in [-0.4, -0.2) is 38.0 Å². The lowest BCUT2D eigenvalue weighted by Gasteiger charge is -1.98. The van der Waals surface area contributed by atoms with E-state index in [1.54, 1.807) is 12.4 Å². The van der Waals surface area contributed by atoms with Gasteiger partial charge in [0.1, 0.15) is 0 Å². The van der Waals surface area contributed by atoms with Crippen LogP contribution in [0.3, 0.4) is 0 Å². The third-order valence-electron chi connectivity index (χ3n) is 0.730. The maximum absolute atomic E-state index is 3.49. The van der Waals surface area contributed by atoms with Gasteiger partial charge in [0.25, 0.3) is 0 Å². The molecular formula is C10H24Cl2N2. The number of hydrogen-bond acceptors (Lipinski definition) is 2. The fraction of sp³-hybridized carbons (Fsp3) is 0.400. The van der Waals surface area contributed by atoms with Crippen molar-refractivity contribution in [2.45, 2.75) is 0 Å². The molecule has 0 spiro atoms. The number of hydrogen-bond donors (Lipinski definition) is 0. The van der Waals surface area contributed by atoms with E-state index in [-0.39, 0.29) is 24.8 Å². The van der Waals surface area contributed by atoms with Crippen molar-refractivity contribution < 1.29 is 0 Å². The molecule has 0 aromatic carbocycles. The lowest BCUT2D eigenvalue weighted by atomic mass is 10.9. The SMILES string of the molecule is C=C.C=CN(C)C.C=CN(C)C.Cl.Cl. The molecule has 2 nitrogen and oxygen atoms in total. The molecule has 0 aromatic heterocycles. The van der Waals surface area contributed by atoms with Crippen molar-refractivity contribution in [3.63, 3.8) is 0 Å². The standard InChI is InChI=1S/2C4H9N.C2H4.2ClH/c2*1-4-5(2)3;1-2;;/h2*4H,1H2,2-3H3;1-2H2;2*1H. The summed E-state index contributed by atoms with van der Waals surface area (Å²) < 4.78 is 0. The number of nitrogens with zero attached hydrogens (tertiary/aromatic N) is 2. The first-order valence-corrected chi connectivity index (χ1v) is 3.62. The molecule has 0 fully saturated rings. The van der Waals surface area contributed by atoms with E-state index in [0.717, 1.165) is 0 Å². The second-order valence-electron chi connectivity index (χ2n) is 2.29. The molecule has 0 unspecified atom stereocenters. The Hall–Kier alpha value is -0.600. The predicted octanol–water partition coefficient (Wildman–Crippen LogP) is 3.03. The molecule has 0 aliphatic carbocycles. The van der Waals surface area contributed by atoms with Gasteiger partial charge in [-0.05, 0) is 12.4 Å². The van der Waals surface area contributed by atoms with Crippen LogP contribution in [0.4, 0.5) is 0 Å². The van der Waals surface area contributed by atoms with Crippen LogP contribution in [0, 0.1) is 0 Å². The number of rotatable bonds is 2. The van der Waals surface area contributed by atoms with Crippen molar-refractivity contribution in [2.24, 2.45) is 0 Å². The summed E-state index contributed by atoms with van der Waals surface area (Å²) in [6.45, 7) is 13.0. The smallest absolute Gasteiger partial charge is 0.00554 e. The molecule has 0 saturated heterocycles. The van der Waals surface area contributed by atoms with Crippen LogP contribution in [-0.2, 0) is 0 Å². The molecule has 0 rings (SSSR count). The topological polar surface area (TPSA) is 6.48 Å². The Kier molecular flexibility index (Phi) is 61.4. The summed E-state index contributed by atoms with van der Waals surface area (Å²) in [6, 6.07) is 0. The van der Waals surface area contributed by atoms with Crippen molar-refractivity contribution in [3.8, 4) is 0 Å². The molecule has 0 atom stereocenters. The third kappa shape index (κ3) is 107. The van der Waals surface area contributed by atoms with Crippen LogP contribution in [0.1, 0.15) is 0 Å². The zero-order valence-corrected chi connectivity index (χ0v) is 11.3. The van der Waals surface area contributed by atoms with Crippen molar-refractivity contribution in [1.29, 1.82) is 0 Å². The van der Waals surface area contributed by atoms with E-state index in [9.17, 15) is 0 Å². The van der Waals surface area contributed by atoms with Gasteiger partial charge in [0.05, 0.1) is 0 Å². The molecule has 0 heterocycles. The van der Waals surface area contributed by atoms with Crippen molar-refractivity contribution in [2.75, 3.05) is 28.2 Å². The van der Waals surface area contributed by atoms with Crippen LogP contribution in [0.2, 0.25) is 0 Å². The second-order valence-corrected chi connectivity index (χ2v) is 2.29. The first-order chi connectivity index (χ1) is 5.54. The van der Waals surface area contributed by atoms with Crippen molar-refractivity contribution in [3.05, 3.63) is 38.7 Å². The average Bonchev–Trinajstić information content (AvgIpc) is 2.09. The minimum absolute atomic E-state index is 0. The van der Waals surface area contributed by atoms with Crippen LogP contribution >= 0.6 is 24.8 Å². The van der Waals surface area contributed by atoms with Crippen LogP contribution in [0.5, 0.6) is 0 Å². The summed E-state index contributed by atoms with van der Waals surface area (Å²) in [5, 5.41) is 0. The quantitative estimate of drug-likeness (QED) is 0.688. The van der Waals surface area contributed by atoms with E-state index in [1.807, 2.05) is 38.0 Å². The molecule has 0 aliphatic rings. The van der Waals surface area contributed by atoms with Gasteiger partial charge in [0.15, 0.2) is 0 Å². The van der Waals surface area contributed by atoms with E-state index in [4.69, 9.17) is 0 Å². The van der Waals surface area contributed by atoms with Gasteiger partial charge in [-0.25, -0.2) is 0 Å². The van der Waals surface area contributed by atoms with E-state index >= 15 is 0 Å². The highest BCUT2D eigenvalue weighted by atomic mass is 35.5. The van der Waals surface area contributed by atoms with Crippen LogP contribution < -0.4 is 0 Å². The van der Waals surface area contributed by atoms with Gasteiger partial charge in [-0.1, -0.05) is 13.2 Å². The Bertz CT molecular complexity index is 92.3. The fourth-order valence-corrected chi connectivity index (χ4v) is 0. The zero-order chi connectivity index (χ0) is 10.6. The molecule has 0 amide bonds. The maximum Gasteiger partial charge on any atom is 0.00554 e. The van der Waals surface area contributed by atoms with E-state index in [2.05, 4.69) is 26.3 Å². The molecule has 14 heavy (non-hydrogen) atoms. The molecule has 0 N–H and O–H groups in total. The lowest BCUT2D eigenvalue weighted by Crippen LogP contribution is -1.97. The van der Waals surface area contributed by atoms with Crippen molar-refractivity contribution >= 4 is 24.8 Å². The Labute approximate surface area is 102 Å². The summed E-state index contributed by atoms with van der Waals surface area (Å²) >= 11 is 0. The second kappa shape index (κ2) is 29.4. The molecule has 0 radical (unpaired) electrons. The van der Waals surface area contributed by atoms with Gasteiger partial charge in [-0.15, -0.1) is 38.0 Å². The van der Waals surface area contributed by atoms with Crippen LogP contribution in [0.15, 0.2) is 38.7 Å². The Morgan fingerprint density at radius 1 is 0.714 bits per heavy atom. The molecule has 0 saturated carbocycles. The minimum Gasteiger partial charge on any atom is -0.384 e. The highest BCUT2D eigenvalue weighted by molar-refractivity contribution is 5.85. The summed E-state index contributed by atoms with van der Waals surface area (Å²) in [7, 11) is 7.75. The Morgan fingerprint density at radius 3 is 0.786 bits per heavy atom. The van der Waals surface area contributed by atoms with Gasteiger partial charge < -0.3 is 9.80 Å². The predicted molar refractivity (Wildman–Crippen MR) is 73.5 cm³/mol. The third-order valence-corrected chi connectivity index (χ3v) is 0.730. The minimum atomic E-state index is 0. The summed E-state index contributed by atoms with van der Waals surface area (Å²) in [4.78, 5) is 3.78. The molecule has 0 aromatic rings. The summed E-state index contributed by atoms with van der Waals surface area (Å²) in [6.07, 6.45) is 3.50. The first kappa shape index (κ1) is 29.2. The summed E-state index contributed by atoms with van der Waals surface area (Å²) in [5.41, 5.74) is 0. The zero-order valence-electron chi connectivity index (χ0n) is 9.69. The molecule has 0 aliphatic heterocycles. The monoisotopic (exact) mass is 242 g/mol. The molecule has 4 heteroatoms. The highest BCUT2D eigenvalue weighted by Gasteiger charge is 1.62. The molecule has 0 bridgehead atoms.